The van der Waals surface area contributed by atoms with E-state index in [2.05, 4.69) is 0 Å². The number of esters is 1. The van der Waals surface area contributed by atoms with Crippen molar-refractivity contribution in [3.8, 4) is 17.2 Å². The highest BCUT2D eigenvalue weighted by Gasteiger charge is 2.34. The zero-order chi connectivity index (χ0) is 18.4. The zero-order valence-corrected chi connectivity index (χ0v) is 13.7. The van der Waals surface area contributed by atoms with Gasteiger partial charge in [-0.2, -0.15) is 0 Å². The number of benzene rings is 2. The Labute approximate surface area is 145 Å². The van der Waals surface area contributed by atoms with Crippen molar-refractivity contribution >= 4 is 18.1 Å². The van der Waals surface area contributed by atoms with Gasteiger partial charge in [0.05, 0.1) is 13.2 Å². The number of carbonyl (C=O) groups is 1. The van der Waals surface area contributed by atoms with Crippen molar-refractivity contribution in [1.82, 2.24) is 0 Å². The topological polar surface area (TPSA) is 107 Å². The van der Waals surface area contributed by atoms with Gasteiger partial charge in [0.1, 0.15) is 22.7 Å². The fourth-order valence-electron chi connectivity index (χ4n) is 1.95. The van der Waals surface area contributed by atoms with Crippen LogP contribution in [-0.2, 0) is 4.79 Å². The lowest BCUT2D eigenvalue weighted by molar-refractivity contribution is -0.149. The first-order valence-corrected chi connectivity index (χ1v) is 7.61. The summed E-state index contributed by atoms with van der Waals surface area (Å²) >= 11 is 0. The molecule has 0 radical (unpaired) electrons. The van der Waals surface area contributed by atoms with Crippen LogP contribution in [0.2, 0.25) is 0 Å². The number of aliphatic hydroxyl groups is 2. The molecule has 0 saturated heterocycles. The predicted molar refractivity (Wildman–Crippen MR) is 93.1 cm³/mol. The Morgan fingerprint density at radius 1 is 0.960 bits per heavy atom. The van der Waals surface area contributed by atoms with Crippen LogP contribution in [0.5, 0.6) is 17.2 Å². The summed E-state index contributed by atoms with van der Waals surface area (Å²) in [6.07, 6.45) is 3.48. The molecule has 0 aromatic heterocycles. The molecule has 0 heterocycles. The maximum atomic E-state index is 12.1. The third-order valence-corrected chi connectivity index (χ3v) is 3.68. The second kappa shape index (κ2) is 7.83. The molecule has 0 atom stereocenters. The monoisotopic (exact) mass is 344 g/mol. The summed E-state index contributed by atoms with van der Waals surface area (Å²) in [7, 11) is 0. The van der Waals surface area contributed by atoms with Crippen LogP contribution in [-0.4, -0.2) is 39.6 Å². The van der Waals surface area contributed by atoms with Gasteiger partial charge in [-0.05, 0) is 42.3 Å². The van der Waals surface area contributed by atoms with E-state index in [1.165, 1.54) is 19.1 Å². The van der Waals surface area contributed by atoms with Crippen molar-refractivity contribution < 1.29 is 30.0 Å². The van der Waals surface area contributed by atoms with Crippen LogP contribution in [0.15, 0.2) is 42.5 Å². The van der Waals surface area contributed by atoms with Crippen LogP contribution < -0.4 is 4.74 Å². The van der Waals surface area contributed by atoms with Crippen LogP contribution >= 0.6 is 0 Å². The fourth-order valence-corrected chi connectivity index (χ4v) is 1.95. The Hall–Kier alpha value is -2.83. The molecule has 2 aromatic carbocycles. The molecular formula is C19H20O6. The Balaban J connectivity index is 2.20. The van der Waals surface area contributed by atoms with Gasteiger partial charge in [-0.3, -0.25) is 4.79 Å². The lowest BCUT2D eigenvalue weighted by Gasteiger charge is -2.22. The molecule has 0 fully saturated rings. The van der Waals surface area contributed by atoms with E-state index >= 15 is 0 Å². The summed E-state index contributed by atoms with van der Waals surface area (Å²) < 4.78 is 5.16. The van der Waals surface area contributed by atoms with Crippen LogP contribution in [0.3, 0.4) is 0 Å². The lowest BCUT2D eigenvalue weighted by Crippen LogP contribution is -2.38. The Bertz CT molecular complexity index is 760. The molecule has 0 amide bonds. The summed E-state index contributed by atoms with van der Waals surface area (Å²) in [6, 6.07) is 10.9. The van der Waals surface area contributed by atoms with Crippen molar-refractivity contribution in [2.75, 3.05) is 13.2 Å². The molecule has 0 aliphatic carbocycles. The number of ether oxygens (including phenoxy) is 1. The number of hydrogen-bond acceptors (Lipinski definition) is 6. The average molecular weight is 344 g/mol. The first-order chi connectivity index (χ1) is 11.9. The largest absolute Gasteiger partial charge is 0.508 e. The minimum atomic E-state index is -1.42. The number of rotatable bonds is 6. The van der Waals surface area contributed by atoms with E-state index in [9.17, 15) is 25.2 Å². The van der Waals surface area contributed by atoms with Gasteiger partial charge < -0.3 is 25.2 Å². The van der Waals surface area contributed by atoms with Gasteiger partial charge in [0.25, 0.3) is 0 Å². The summed E-state index contributed by atoms with van der Waals surface area (Å²) in [5.41, 5.74) is 0.00596. The molecule has 2 aromatic rings. The quantitative estimate of drug-likeness (QED) is 0.363. The first kappa shape index (κ1) is 18.5. The first-order valence-electron chi connectivity index (χ1n) is 7.61. The van der Waals surface area contributed by atoms with E-state index in [0.717, 1.165) is 5.56 Å². The SMILES string of the molecule is CC(CO)(CO)C(=O)Oc1cc(O)cc(/C=C/c2ccc(O)cc2)c1. The van der Waals surface area contributed by atoms with Crippen molar-refractivity contribution in [2.45, 2.75) is 6.92 Å². The second-order valence-corrected chi connectivity index (χ2v) is 5.95. The lowest BCUT2D eigenvalue weighted by atomic mass is 9.93. The fraction of sp³-hybridized carbons (Fsp3) is 0.211. The van der Waals surface area contributed by atoms with E-state index in [0.29, 0.717) is 5.56 Å². The van der Waals surface area contributed by atoms with Gasteiger partial charge in [-0.15, -0.1) is 0 Å². The third-order valence-electron chi connectivity index (χ3n) is 3.68. The van der Waals surface area contributed by atoms with E-state index < -0.39 is 24.6 Å². The summed E-state index contributed by atoms with van der Waals surface area (Å²) in [6.45, 7) is 0.257. The molecule has 6 heteroatoms. The summed E-state index contributed by atoms with van der Waals surface area (Å²) in [4.78, 5) is 12.1. The maximum Gasteiger partial charge on any atom is 0.321 e. The molecule has 0 unspecified atom stereocenters. The predicted octanol–water partition coefficient (Wildman–Crippen LogP) is 2.16. The van der Waals surface area contributed by atoms with Gasteiger partial charge in [0.15, 0.2) is 0 Å². The van der Waals surface area contributed by atoms with Gasteiger partial charge in [0, 0.05) is 6.07 Å². The standard InChI is InChI=1S/C19H20O6/c1-19(11-20,12-21)18(24)25-17-9-14(8-16(23)10-17)3-2-13-4-6-15(22)7-5-13/h2-10,20-23H,11-12H2,1H3/b3-2+. The highest BCUT2D eigenvalue weighted by atomic mass is 16.5. The highest BCUT2D eigenvalue weighted by molar-refractivity contribution is 5.80. The van der Waals surface area contributed by atoms with Crippen molar-refractivity contribution in [3.05, 3.63) is 53.6 Å². The van der Waals surface area contributed by atoms with E-state index in [-0.39, 0.29) is 17.2 Å². The van der Waals surface area contributed by atoms with Crippen LogP contribution in [0.4, 0.5) is 0 Å². The Kier molecular flexibility index (Phi) is 5.80. The van der Waals surface area contributed by atoms with Crippen molar-refractivity contribution in [3.63, 3.8) is 0 Å². The maximum absolute atomic E-state index is 12.1. The van der Waals surface area contributed by atoms with Crippen LogP contribution in [0.1, 0.15) is 18.1 Å². The molecule has 4 N–H and O–H groups in total. The van der Waals surface area contributed by atoms with Gasteiger partial charge in [-0.1, -0.05) is 24.3 Å². The average Bonchev–Trinajstić information content (AvgIpc) is 2.60. The van der Waals surface area contributed by atoms with Crippen molar-refractivity contribution in [1.29, 1.82) is 0 Å². The van der Waals surface area contributed by atoms with Crippen LogP contribution in [0, 0.1) is 5.41 Å². The molecule has 0 aliphatic heterocycles. The number of phenols is 2. The molecule has 25 heavy (non-hydrogen) atoms. The summed E-state index contributed by atoms with van der Waals surface area (Å²) in [5.74, 6) is -0.620. The molecule has 2 rings (SSSR count). The Morgan fingerprint density at radius 3 is 2.16 bits per heavy atom. The molecule has 0 aliphatic rings. The smallest absolute Gasteiger partial charge is 0.321 e. The summed E-state index contributed by atoms with van der Waals surface area (Å²) in [5, 5.41) is 37.5. The van der Waals surface area contributed by atoms with E-state index in [1.807, 2.05) is 0 Å². The van der Waals surface area contributed by atoms with E-state index in [1.54, 1.807) is 42.5 Å². The number of phenolic OH excluding ortho intramolecular Hbond substituents is 2. The number of aromatic hydroxyl groups is 2. The number of hydrogen-bond donors (Lipinski definition) is 4. The van der Waals surface area contributed by atoms with Gasteiger partial charge >= 0.3 is 5.97 Å². The zero-order valence-electron chi connectivity index (χ0n) is 13.7. The van der Waals surface area contributed by atoms with E-state index in [4.69, 9.17) is 4.74 Å². The molecule has 0 bridgehead atoms. The number of carbonyl (C=O) groups excluding carboxylic acids is 1. The number of aliphatic hydroxyl groups excluding tert-OH is 2. The minimum Gasteiger partial charge on any atom is -0.508 e. The molecule has 132 valence electrons. The van der Waals surface area contributed by atoms with Gasteiger partial charge in [0.2, 0.25) is 0 Å². The van der Waals surface area contributed by atoms with Crippen LogP contribution in [0.25, 0.3) is 12.2 Å². The molecule has 0 spiro atoms. The second-order valence-electron chi connectivity index (χ2n) is 5.95. The Morgan fingerprint density at radius 2 is 1.56 bits per heavy atom. The highest BCUT2D eigenvalue weighted by Crippen LogP contribution is 2.26. The van der Waals surface area contributed by atoms with Crippen molar-refractivity contribution in [2.24, 2.45) is 5.41 Å². The van der Waals surface area contributed by atoms with Gasteiger partial charge in [-0.25, -0.2) is 0 Å². The molecule has 0 saturated carbocycles. The minimum absolute atomic E-state index is 0.0923. The molecular weight excluding hydrogens is 324 g/mol. The normalized spacial score (nSPS) is 11.6. The molecule has 6 nitrogen and oxygen atoms in total. The third kappa shape index (κ3) is 4.82.